The van der Waals surface area contributed by atoms with E-state index in [1.54, 1.807) is 0 Å². The highest BCUT2D eigenvalue weighted by atomic mass is 16.5. The van der Waals surface area contributed by atoms with E-state index in [4.69, 9.17) is 14.5 Å². The van der Waals surface area contributed by atoms with Crippen LogP contribution in [0.25, 0.3) is 11.0 Å². The van der Waals surface area contributed by atoms with E-state index in [9.17, 15) is 0 Å². The normalized spacial score (nSPS) is 11.2. The molecule has 0 fully saturated rings. The van der Waals surface area contributed by atoms with E-state index in [0.717, 1.165) is 41.3 Å². The molecule has 4 aromatic rings. The minimum absolute atomic E-state index is 0.441. The van der Waals surface area contributed by atoms with Crippen molar-refractivity contribution in [1.29, 1.82) is 0 Å². The first kappa shape index (κ1) is 20.0. The number of benzene rings is 3. The van der Waals surface area contributed by atoms with Crippen molar-refractivity contribution in [1.82, 2.24) is 9.55 Å². The van der Waals surface area contributed by atoms with E-state index in [0.29, 0.717) is 19.1 Å². The molecular formula is C26H28N2O2. The zero-order valence-corrected chi connectivity index (χ0v) is 17.6. The van der Waals surface area contributed by atoms with Gasteiger partial charge in [-0.1, -0.05) is 56.3 Å². The third-order valence-electron chi connectivity index (χ3n) is 5.19. The Morgan fingerprint density at radius 1 is 0.800 bits per heavy atom. The van der Waals surface area contributed by atoms with Gasteiger partial charge in [-0.25, -0.2) is 4.98 Å². The van der Waals surface area contributed by atoms with Crippen LogP contribution in [-0.2, 0) is 13.2 Å². The third-order valence-corrected chi connectivity index (χ3v) is 5.19. The van der Waals surface area contributed by atoms with Gasteiger partial charge in [-0.15, -0.1) is 0 Å². The number of imidazole rings is 1. The molecule has 0 bridgehead atoms. The molecule has 1 aromatic heterocycles. The van der Waals surface area contributed by atoms with Gasteiger partial charge in [0.25, 0.3) is 0 Å². The van der Waals surface area contributed by atoms with Crippen molar-refractivity contribution in [3.8, 4) is 11.5 Å². The summed E-state index contributed by atoms with van der Waals surface area (Å²) < 4.78 is 14.1. The Bertz CT molecular complexity index is 1070. The number of rotatable bonds is 9. The number of fused-ring (bicyclic) bond motifs is 1. The van der Waals surface area contributed by atoms with Crippen molar-refractivity contribution in [3.63, 3.8) is 0 Å². The van der Waals surface area contributed by atoms with Crippen LogP contribution in [0.15, 0.2) is 78.9 Å². The van der Waals surface area contributed by atoms with Crippen molar-refractivity contribution in [3.05, 3.63) is 90.3 Å². The van der Waals surface area contributed by atoms with Crippen LogP contribution in [0.5, 0.6) is 11.5 Å². The zero-order valence-electron chi connectivity index (χ0n) is 17.6. The predicted molar refractivity (Wildman–Crippen MR) is 121 cm³/mol. The number of nitrogens with zero attached hydrogens (tertiary/aromatic N) is 2. The van der Waals surface area contributed by atoms with Gasteiger partial charge < -0.3 is 14.0 Å². The van der Waals surface area contributed by atoms with Gasteiger partial charge in [0.2, 0.25) is 0 Å². The summed E-state index contributed by atoms with van der Waals surface area (Å²) in [6, 6.07) is 26.5. The van der Waals surface area contributed by atoms with Gasteiger partial charge in [-0.05, 0) is 54.3 Å². The number of hydrogen-bond acceptors (Lipinski definition) is 3. The molecule has 0 aliphatic heterocycles. The molecular weight excluding hydrogens is 372 g/mol. The van der Waals surface area contributed by atoms with E-state index in [2.05, 4.69) is 54.8 Å². The summed E-state index contributed by atoms with van der Waals surface area (Å²) >= 11 is 0. The van der Waals surface area contributed by atoms with Crippen LogP contribution in [0, 0.1) is 0 Å². The van der Waals surface area contributed by atoms with Crippen LogP contribution in [0.3, 0.4) is 0 Å². The number of para-hydroxylation sites is 3. The molecule has 0 aliphatic rings. The fourth-order valence-electron chi connectivity index (χ4n) is 3.51. The summed E-state index contributed by atoms with van der Waals surface area (Å²) in [5.41, 5.74) is 3.45. The summed E-state index contributed by atoms with van der Waals surface area (Å²) in [7, 11) is 0. The van der Waals surface area contributed by atoms with E-state index in [-0.39, 0.29) is 0 Å². The number of aryl methyl sites for hydroxylation is 1. The highest BCUT2D eigenvalue weighted by molar-refractivity contribution is 5.75. The van der Waals surface area contributed by atoms with Crippen molar-refractivity contribution >= 4 is 11.0 Å². The van der Waals surface area contributed by atoms with Crippen molar-refractivity contribution in [2.24, 2.45) is 0 Å². The maximum atomic E-state index is 5.96. The van der Waals surface area contributed by atoms with E-state index < -0.39 is 0 Å². The smallest absolute Gasteiger partial charge is 0.147 e. The molecule has 1 heterocycles. The maximum absolute atomic E-state index is 5.96. The summed E-state index contributed by atoms with van der Waals surface area (Å²) in [6.45, 7) is 6.33. The molecule has 0 aliphatic carbocycles. The van der Waals surface area contributed by atoms with Gasteiger partial charge in [-0.2, -0.15) is 0 Å². The van der Waals surface area contributed by atoms with Gasteiger partial charge in [0.1, 0.15) is 23.9 Å². The summed E-state index contributed by atoms with van der Waals surface area (Å²) in [4.78, 5) is 4.79. The summed E-state index contributed by atoms with van der Waals surface area (Å²) in [5, 5.41) is 0. The molecule has 4 rings (SSSR count). The molecule has 0 atom stereocenters. The van der Waals surface area contributed by atoms with Crippen LogP contribution >= 0.6 is 0 Å². The average molecular weight is 401 g/mol. The number of hydrogen-bond donors (Lipinski definition) is 0. The van der Waals surface area contributed by atoms with Crippen molar-refractivity contribution < 1.29 is 9.47 Å². The molecule has 0 amide bonds. The second-order valence-electron chi connectivity index (χ2n) is 7.70. The molecule has 154 valence electrons. The third kappa shape index (κ3) is 4.82. The molecule has 0 saturated carbocycles. The summed E-state index contributed by atoms with van der Waals surface area (Å²) in [6.07, 6.45) is 0.893. The molecule has 4 heteroatoms. The fraction of sp³-hybridized carbons (Fsp3) is 0.269. The van der Waals surface area contributed by atoms with E-state index >= 15 is 0 Å². The molecule has 30 heavy (non-hydrogen) atoms. The molecule has 4 nitrogen and oxygen atoms in total. The second kappa shape index (κ2) is 9.49. The van der Waals surface area contributed by atoms with E-state index in [1.165, 1.54) is 5.56 Å². The Morgan fingerprint density at radius 3 is 2.27 bits per heavy atom. The average Bonchev–Trinajstić information content (AvgIpc) is 3.14. The minimum atomic E-state index is 0.441. The monoisotopic (exact) mass is 400 g/mol. The Kier molecular flexibility index (Phi) is 6.33. The van der Waals surface area contributed by atoms with Gasteiger partial charge in [-0.3, -0.25) is 0 Å². The molecule has 0 spiro atoms. The lowest BCUT2D eigenvalue weighted by molar-refractivity contribution is 0.280. The highest BCUT2D eigenvalue weighted by Crippen LogP contribution is 2.20. The SMILES string of the molecule is CC(C)c1ccc(OCCCn2c(COc3ccccc3)nc3ccccc32)cc1. The van der Waals surface area contributed by atoms with Gasteiger partial charge in [0.15, 0.2) is 0 Å². The first-order valence-corrected chi connectivity index (χ1v) is 10.6. The molecule has 0 unspecified atom stereocenters. The predicted octanol–water partition coefficient (Wildman–Crippen LogP) is 6.21. The molecule has 3 aromatic carbocycles. The second-order valence-corrected chi connectivity index (χ2v) is 7.70. The lowest BCUT2D eigenvalue weighted by Crippen LogP contribution is -2.10. The number of aromatic nitrogens is 2. The van der Waals surface area contributed by atoms with Gasteiger partial charge >= 0.3 is 0 Å². The first-order chi connectivity index (χ1) is 14.7. The van der Waals surface area contributed by atoms with Crippen LogP contribution in [0.1, 0.15) is 37.6 Å². The lowest BCUT2D eigenvalue weighted by atomic mass is 10.0. The Morgan fingerprint density at radius 2 is 1.50 bits per heavy atom. The quantitative estimate of drug-likeness (QED) is 0.314. The first-order valence-electron chi connectivity index (χ1n) is 10.6. The van der Waals surface area contributed by atoms with Crippen LogP contribution < -0.4 is 9.47 Å². The molecule has 0 N–H and O–H groups in total. The van der Waals surface area contributed by atoms with Crippen LogP contribution in [0.4, 0.5) is 0 Å². The largest absolute Gasteiger partial charge is 0.494 e. The number of ether oxygens (including phenoxy) is 2. The van der Waals surface area contributed by atoms with Gasteiger partial charge in [0.05, 0.1) is 17.6 Å². The van der Waals surface area contributed by atoms with Gasteiger partial charge in [0, 0.05) is 6.54 Å². The molecule has 0 saturated heterocycles. The summed E-state index contributed by atoms with van der Waals surface area (Å²) in [5.74, 6) is 3.23. The van der Waals surface area contributed by atoms with Crippen molar-refractivity contribution in [2.75, 3.05) is 6.61 Å². The van der Waals surface area contributed by atoms with E-state index in [1.807, 2.05) is 42.5 Å². The minimum Gasteiger partial charge on any atom is -0.494 e. The Balaban J connectivity index is 1.39. The Hall–Kier alpha value is -3.27. The van der Waals surface area contributed by atoms with Crippen LogP contribution in [-0.4, -0.2) is 16.2 Å². The Labute approximate surface area is 178 Å². The highest BCUT2D eigenvalue weighted by Gasteiger charge is 2.11. The fourth-order valence-corrected chi connectivity index (χ4v) is 3.51. The topological polar surface area (TPSA) is 36.3 Å². The standard InChI is InChI=1S/C26H28N2O2/c1-20(2)21-13-15-23(16-14-21)29-18-8-17-28-25-12-7-6-11-24(25)27-26(28)19-30-22-9-4-3-5-10-22/h3-7,9-16,20H,8,17-19H2,1-2H3. The molecule has 0 radical (unpaired) electrons. The van der Waals surface area contributed by atoms with Crippen molar-refractivity contribution in [2.45, 2.75) is 39.3 Å². The zero-order chi connectivity index (χ0) is 20.8. The van der Waals surface area contributed by atoms with Crippen LogP contribution in [0.2, 0.25) is 0 Å². The maximum Gasteiger partial charge on any atom is 0.147 e. The lowest BCUT2D eigenvalue weighted by Gasteiger charge is -2.12.